The minimum absolute atomic E-state index is 0.528. The molecule has 1 aromatic carbocycles. The third kappa shape index (κ3) is 1.86. The molecule has 4 heteroatoms. The molecular formula is C11H13NO3. The van der Waals surface area contributed by atoms with Gasteiger partial charge in [0.2, 0.25) is 0 Å². The van der Waals surface area contributed by atoms with Gasteiger partial charge in [-0.15, -0.1) is 0 Å². The highest BCUT2D eigenvalue weighted by molar-refractivity contribution is 5.75. The number of carboxylic acids is 1. The summed E-state index contributed by atoms with van der Waals surface area (Å²) in [4.78, 5) is 10.7. The van der Waals surface area contributed by atoms with Crippen LogP contribution in [0.5, 0.6) is 0 Å². The Bertz CT molecular complexity index is 399. The highest BCUT2D eigenvalue weighted by Crippen LogP contribution is 2.45. The van der Waals surface area contributed by atoms with E-state index in [9.17, 15) is 9.90 Å². The fourth-order valence-corrected chi connectivity index (χ4v) is 1.57. The van der Waals surface area contributed by atoms with Crippen molar-refractivity contribution in [3.8, 4) is 0 Å². The molecule has 4 nitrogen and oxygen atoms in total. The molecular weight excluding hydrogens is 194 g/mol. The maximum atomic E-state index is 10.7. The highest BCUT2D eigenvalue weighted by atomic mass is 16.4. The van der Waals surface area contributed by atoms with Crippen LogP contribution in [0.3, 0.4) is 0 Å². The molecule has 1 atom stereocenters. The number of hydrogen-bond donors (Lipinski definition) is 3. The SMILES string of the molecule is NC(C(=O)O)c1cccc(C2(O)CC2)c1. The van der Waals surface area contributed by atoms with Gasteiger partial charge in [0.05, 0.1) is 5.60 Å². The molecule has 2 rings (SSSR count). The Hall–Kier alpha value is -1.39. The largest absolute Gasteiger partial charge is 0.480 e. The average Bonchev–Trinajstić information content (AvgIpc) is 2.97. The van der Waals surface area contributed by atoms with E-state index >= 15 is 0 Å². The van der Waals surface area contributed by atoms with Gasteiger partial charge in [-0.2, -0.15) is 0 Å². The van der Waals surface area contributed by atoms with E-state index in [2.05, 4.69) is 0 Å². The van der Waals surface area contributed by atoms with E-state index < -0.39 is 17.6 Å². The lowest BCUT2D eigenvalue weighted by Gasteiger charge is -2.12. The third-order valence-electron chi connectivity index (χ3n) is 2.77. The Balaban J connectivity index is 2.30. The van der Waals surface area contributed by atoms with Crippen LogP contribution in [-0.4, -0.2) is 16.2 Å². The quantitative estimate of drug-likeness (QED) is 0.683. The molecule has 1 aliphatic carbocycles. The van der Waals surface area contributed by atoms with Crippen LogP contribution in [0.15, 0.2) is 24.3 Å². The standard InChI is InChI=1S/C11H13NO3/c12-9(10(13)14)7-2-1-3-8(6-7)11(15)4-5-11/h1-3,6,9,15H,4-5,12H2,(H,13,14). The normalized spacial score (nSPS) is 19.6. The van der Waals surface area contributed by atoms with Crippen molar-refractivity contribution >= 4 is 5.97 Å². The Morgan fingerprint density at radius 3 is 2.67 bits per heavy atom. The van der Waals surface area contributed by atoms with Crippen molar-refractivity contribution < 1.29 is 15.0 Å². The van der Waals surface area contributed by atoms with Crippen LogP contribution in [-0.2, 0) is 10.4 Å². The van der Waals surface area contributed by atoms with E-state index in [0.717, 1.165) is 18.4 Å². The molecule has 1 unspecified atom stereocenters. The molecule has 0 spiro atoms. The Morgan fingerprint density at radius 1 is 1.47 bits per heavy atom. The van der Waals surface area contributed by atoms with Crippen LogP contribution in [0.25, 0.3) is 0 Å². The molecule has 0 amide bonds. The van der Waals surface area contributed by atoms with Crippen LogP contribution in [0.1, 0.15) is 30.0 Å². The lowest BCUT2D eigenvalue weighted by molar-refractivity contribution is -0.138. The summed E-state index contributed by atoms with van der Waals surface area (Å²) in [6, 6.07) is 5.83. The van der Waals surface area contributed by atoms with Crippen molar-refractivity contribution in [2.45, 2.75) is 24.5 Å². The summed E-state index contributed by atoms with van der Waals surface area (Å²) in [5.74, 6) is -1.06. The second-order valence-electron chi connectivity index (χ2n) is 3.97. The lowest BCUT2D eigenvalue weighted by Crippen LogP contribution is -2.21. The Labute approximate surface area is 87.3 Å². The first kappa shape index (κ1) is 10.1. The lowest BCUT2D eigenvalue weighted by atomic mass is 10.0. The minimum atomic E-state index is -1.06. The summed E-state index contributed by atoms with van der Waals surface area (Å²) in [5.41, 5.74) is 6.04. The van der Waals surface area contributed by atoms with Gasteiger partial charge in [-0.3, -0.25) is 4.79 Å². The summed E-state index contributed by atoms with van der Waals surface area (Å²) >= 11 is 0. The summed E-state index contributed by atoms with van der Waals surface area (Å²) < 4.78 is 0. The van der Waals surface area contributed by atoms with Gasteiger partial charge in [-0.25, -0.2) is 0 Å². The third-order valence-corrected chi connectivity index (χ3v) is 2.77. The number of rotatable bonds is 3. The van der Waals surface area contributed by atoms with E-state index in [1.165, 1.54) is 0 Å². The fraction of sp³-hybridized carbons (Fsp3) is 0.364. The molecule has 15 heavy (non-hydrogen) atoms. The number of aliphatic hydroxyl groups is 1. The zero-order valence-corrected chi connectivity index (χ0v) is 8.18. The number of hydrogen-bond acceptors (Lipinski definition) is 3. The molecule has 0 radical (unpaired) electrons. The Morgan fingerprint density at radius 2 is 2.13 bits per heavy atom. The van der Waals surface area contributed by atoms with Crippen LogP contribution in [0.2, 0.25) is 0 Å². The zero-order valence-electron chi connectivity index (χ0n) is 8.18. The maximum absolute atomic E-state index is 10.7. The molecule has 1 aromatic rings. The topological polar surface area (TPSA) is 83.6 Å². The first-order valence-electron chi connectivity index (χ1n) is 4.84. The molecule has 0 saturated heterocycles. The second kappa shape index (κ2) is 3.32. The summed E-state index contributed by atoms with van der Waals surface area (Å²) in [6.07, 6.45) is 1.47. The van der Waals surface area contributed by atoms with Gasteiger partial charge >= 0.3 is 5.97 Å². The predicted molar refractivity (Wildman–Crippen MR) is 54.1 cm³/mol. The van der Waals surface area contributed by atoms with Crippen molar-refractivity contribution in [1.82, 2.24) is 0 Å². The van der Waals surface area contributed by atoms with Gasteiger partial charge in [0, 0.05) is 0 Å². The van der Waals surface area contributed by atoms with Crippen molar-refractivity contribution in [2.24, 2.45) is 5.73 Å². The van der Waals surface area contributed by atoms with E-state index in [4.69, 9.17) is 10.8 Å². The molecule has 0 bridgehead atoms. The van der Waals surface area contributed by atoms with Crippen LogP contribution >= 0.6 is 0 Å². The molecule has 0 aliphatic heterocycles. The van der Waals surface area contributed by atoms with E-state index in [1.54, 1.807) is 24.3 Å². The van der Waals surface area contributed by atoms with Gasteiger partial charge in [0.1, 0.15) is 6.04 Å². The number of carboxylic acid groups (broad SMARTS) is 1. The van der Waals surface area contributed by atoms with Crippen LogP contribution in [0, 0.1) is 0 Å². The molecule has 0 heterocycles. The first-order valence-corrected chi connectivity index (χ1v) is 4.84. The predicted octanol–water partition coefficient (Wildman–Crippen LogP) is 0.752. The van der Waals surface area contributed by atoms with Crippen LogP contribution in [0.4, 0.5) is 0 Å². The Kier molecular flexibility index (Phi) is 2.25. The van der Waals surface area contributed by atoms with Gasteiger partial charge in [0.25, 0.3) is 0 Å². The summed E-state index contributed by atoms with van der Waals surface area (Å²) in [6.45, 7) is 0. The highest BCUT2D eigenvalue weighted by Gasteiger charge is 2.42. The van der Waals surface area contributed by atoms with E-state index in [-0.39, 0.29) is 0 Å². The second-order valence-corrected chi connectivity index (χ2v) is 3.97. The minimum Gasteiger partial charge on any atom is -0.480 e. The molecule has 4 N–H and O–H groups in total. The number of benzene rings is 1. The van der Waals surface area contributed by atoms with E-state index in [1.807, 2.05) is 0 Å². The zero-order chi connectivity index (χ0) is 11.1. The van der Waals surface area contributed by atoms with Crippen molar-refractivity contribution in [1.29, 1.82) is 0 Å². The number of nitrogens with two attached hydrogens (primary N) is 1. The van der Waals surface area contributed by atoms with E-state index in [0.29, 0.717) is 5.56 Å². The van der Waals surface area contributed by atoms with Crippen molar-refractivity contribution in [2.75, 3.05) is 0 Å². The molecule has 0 aromatic heterocycles. The molecule has 1 saturated carbocycles. The maximum Gasteiger partial charge on any atom is 0.325 e. The van der Waals surface area contributed by atoms with Gasteiger partial charge < -0.3 is 15.9 Å². The van der Waals surface area contributed by atoms with Crippen LogP contribution < -0.4 is 5.73 Å². The fourth-order valence-electron chi connectivity index (χ4n) is 1.57. The number of carbonyl (C=O) groups is 1. The average molecular weight is 207 g/mol. The number of aliphatic carboxylic acids is 1. The van der Waals surface area contributed by atoms with Gasteiger partial charge in [-0.05, 0) is 24.0 Å². The molecule has 1 aliphatic rings. The van der Waals surface area contributed by atoms with Crippen molar-refractivity contribution in [3.05, 3.63) is 35.4 Å². The summed E-state index contributed by atoms with van der Waals surface area (Å²) in [5, 5.41) is 18.6. The summed E-state index contributed by atoms with van der Waals surface area (Å²) in [7, 11) is 0. The smallest absolute Gasteiger partial charge is 0.325 e. The molecule has 1 fully saturated rings. The monoisotopic (exact) mass is 207 g/mol. The first-order chi connectivity index (χ1) is 7.03. The van der Waals surface area contributed by atoms with Crippen molar-refractivity contribution in [3.63, 3.8) is 0 Å². The van der Waals surface area contributed by atoms with Gasteiger partial charge in [-0.1, -0.05) is 24.3 Å². The molecule has 80 valence electrons. The van der Waals surface area contributed by atoms with Gasteiger partial charge in [0.15, 0.2) is 0 Å².